The van der Waals surface area contributed by atoms with Crippen LogP contribution in [0.4, 0.5) is 0 Å². The van der Waals surface area contributed by atoms with Crippen molar-refractivity contribution in [2.45, 2.75) is 5.32 Å². The predicted molar refractivity (Wildman–Crippen MR) is 62.1 cm³/mol. The number of allylic oxidation sites excluding steroid dienone is 1. The Kier molecular flexibility index (Phi) is 2.97. The van der Waals surface area contributed by atoms with Crippen molar-refractivity contribution in [1.82, 2.24) is 4.98 Å². The van der Waals surface area contributed by atoms with Crippen LogP contribution in [0.1, 0.15) is 0 Å². The molecule has 0 N–H and O–H groups in total. The maximum atomic E-state index is 4.59. The molecule has 0 spiro atoms. The quantitative estimate of drug-likeness (QED) is 0.599. The summed E-state index contributed by atoms with van der Waals surface area (Å²) in [5.41, 5.74) is 1.09. The Labute approximate surface area is 90.0 Å². The molecule has 0 radical (unpaired) electrons. The van der Waals surface area contributed by atoms with E-state index in [9.17, 15) is 0 Å². The van der Waals surface area contributed by atoms with Crippen molar-refractivity contribution >= 4 is 30.5 Å². The number of pyridine rings is 1. The van der Waals surface area contributed by atoms with Crippen molar-refractivity contribution in [3.05, 3.63) is 49.1 Å². The molecule has 0 saturated heterocycles. The topological polar surface area (TPSA) is 12.9 Å². The molecule has 1 aromatic carbocycles. The molecule has 0 unspecified atom stereocenters. The molecule has 0 amide bonds. The van der Waals surface area contributed by atoms with Crippen molar-refractivity contribution in [2.24, 2.45) is 0 Å². The van der Waals surface area contributed by atoms with E-state index in [2.05, 4.69) is 35.8 Å². The first-order valence-electron chi connectivity index (χ1n) is 4.49. The number of nitrogens with zero attached hydrogens (tertiary/aromatic N) is 1. The van der Waals surface area contributed by atoms with Gasteiger partial charge in [-0.2, -0.15) is 0 Å². The van der Waals surface area contributed by atoms with Gasteiger partial charge in [-0.05, 0) is 0 Å². The van der Waals surface area contributed by atoms with Gasteiger partial charge in [-0.15, -0.1) is 0 Å². The number of benzene rings is 1. The van der Waals surface area contributed by atoms with Crippen LogP contribution in [0.2, 0.25) is 5.32 Å². The van der Waals surface area contributed by atoms with E-state index < -0.39 is 0 Å². The van der Waals surface area contributed by atoms with Gasteiger partial charge in [0.05, 0.1) is 0 Å². The Bertz CT molecular complexity index is 451. The minimum atomic E-state index is 0.436. The SMILES string of the molecule is C=CC[Se]c1ccc2ccccc2n1. The summed E-state index contributed by atoms with van der Waals surface area (Å²) in [6, 6.07) is 12.5. The Balaban J connectivity index is 2.36. The fraction of sp³-hybridized carbons (Fsp3) is 0.0833. The van der Waals surface area contributed by atoms with Crippen molar-refractivity contribution in [3.8, 4) is 0 Å². The van der Waals surface area contributed by atoms with Gasteiger partial charge in [0.2, 0.25) is 0 Å². The average Bonchev–Trinajstić information content (AvgIpc) is 2.26. The zero-order chi connectivity index (χ0) is 9.80. The third kappa shape index (κ3) is 2.03. The van der Waals surface area contributed by atoms with Crippen LogP contribution in [0, 0.1) is 0 Å². The van der Waals surface area contributed by atoms with Crippen LogP contribution in [0.5, 0.6) is 0 Å². The molecule has 0 atom stereocenters. The van der Waals surface area contributed by atoms with Crippen LogP contribution in [-0.2, 0) is 0 Å². The van der Waals surface area contributed by atoms with Crippen LogP contribution in [0.3, 0.4) is 0 Å². The molecule has 0 aliphatic carbocycles. The van der Waals surface area contributed by atoms with E-state index in [1.807, 2.05) is 18.2 Å². The van der Waals surface area contributed by atoms with Gasteiger partial charge in [-0.1, -0.05) is 0 Å². The van der Waals surface area contributed by atoms with Crippen molar-refractivity contribution < 1.29 is 0 Å². The molecule has 1 heterocycles. The van der Waals surface area contributed by atoms with Gasteiger partial charge >= 0.3 is 89.8 Å². The molecule has 0 saturated carbocycles. The normalized spacial score (nSPS) is 10.3. The van der Waals surface area contributed by atoms with Gasteiger partial charge in [-0.25, -0.2) is 0 Å². The predicted octanol–water partition coefficient (Wildman–Crippen LogP) is 2.17. The fourth-order valence-electron chi connectivity index (χ4n) is 1.27. The Morgan fingerprint density at radius 2 is 2.07 bits per heavy atom. The zero-order valence-corrected chi connectivity index (χ0v) is 9.52. The Morgan fingerprint density at radius 3 is 2.93 bits per heavy atom. The summed E-state index contributed by atoms with van der Waals surface area (Å²) in [4.78, 5) is 4.59. The van der Waals surface area contributed by atoms with Gasteiger partial charge in [0.1, 0.15) is 0 Å². The summed E-state index contributed by atoms with van der Waals surface area (Å²) in [7, 11) is 0. The molecular formula is C12H11NSe. The molecule has 2 rings (SSSR count). The molecule has 0 aliphatic rings. The summed E-state index contributed by atoms with van der Waals surface area (Å²) in [5.74, 6) is 0. The van der Waals surface area contributed by atoms with Crippen molar-refractivity contribution in [2.75, 3.05) is 0 Å². The summed E-state index contributed by atoms with van der Waals surface area (Å²) in [6.07, 6.45) is 1.96. The van der Waals surface area contributed by atoms with E-state index in [-0.39, 0.29) is 0 Å². The molecule has 0 fully saturated rings. The molecule has 2 heteroatoms. The minimum absolute atomic E-state index is 0.436. The first-order chi connectivity index (χ1) is 6.90. The van der Waals surface area contributed by atoms with Crippen LogP contribution < -0.4 is 4.59 Å². The third-order valence-corrected chi connectivity index (χ3v) is 3.86. The number of fused-ring (bicyclic) bond motifs is 1. The Hall–Kier alpha value is -1.11. The van der Waals surface area contributed by atoms with Gasteiger partial charge in [0, 0.05) is 0 Å². The maximum absolute atomic E-state index is 4.59. The third-order valence-electron chi connectivity index (χ3n) is 1.92. The molecule has 1 aromatic heterocycles. The van der Waals surface area contributed by atoms with Gasteiger partial charge in [0.15, 0.2) is 0 Å². The number of para-hydroxylation sites is 1. The van der Waals surface area contributed by atoms with E-state index in [4.69, 9.17) is 0 Å². The number of hydrogen-bond acceptors (Lipinski definition) is 1. The molecular weight excluding hydrogens is 237 g/mol. The molecule has 0 aliphatic heterocycles. The zero-order valence-electron chi connectivity index (χ0n) is 7.81. The van der Waals surface area contributed by atoms with Crippen molar-refractivity contribution in [3.63, 3.8) is 0 Å². The monoisotopic (exact) mass is 249 g/mol. The second-order valence-corrected chi connectivity index (χ2v) is 5.12. The summed E-state index contributed by atoms with van der Waals surface area (Å²) in [5, 5.41) is 2.27. The summed E-state index contributed by atoms with van der Waals surface area (Å²) in [6.45, 7) is 3.73. The fourth-order valence-corrected chi connectivity index (χ4v) is 2.56. The molecule has 0 bridgehead atoms. The molecule has 14 heavy (non-hydrogen) atoms. The van der Waals surface area contributed by atoms with E-state index in [1.165, 1.54) is 9.98 Å². The standard InChI is InChI=1S/C12H11NSe/c1-2-9-14-12-8-7-10-5-3-4-6-11(10)13-12/h2-8H,1,9H2. The number of aromatic nitrogens is 1. The van der Waals surface area contributed by atoms with Crippen LogP contribution in [0.15, 0.2) is 49.1 Å². The van der Waals surface area contributed by atoms with Crippen LogP contribution in [-0.4, -0.2) is 19.9 Å². The van der Waals surface area contributed by atoms with Crippen LogP contribution in [0.25, 0.3) is 10.9 Å². The van der Waals surface area contributed by atoms with Crippen LogP contribution >= 0.6 is 0 Å². The van der Waals surface area contributed by atoms with E-state index >= 15 is 0 Å². The second-order valence-electron chi connectivity index (χ2n) is 2.94. The van der Waals surface area contributed by atoms with Gasteiger partial charge in [0.25, 0.3) is 0 Å². The van der Waals surface area contributed by atoms with Crippen molar-refractivity contribution in [1.29, 1.82) is 0 Å². The number of rotatable bonds is 3. The average molecular weight is 248 g/mol. The molecule has 70 valence electrons. The first-order valence-corrected chi connectivity index (χ1v) is 6.56. The van der Waals surface area contributed by atoms with Gasteiger partial charge in [-0.3, -0.25) is 0 Å². The first kappa shape index (κ1) is 9.44. The number of hydrogen-bond donors (Lipinski definition) is 0. The summed E-state index contributed by atoms with van der Waals surface area (Å²) < 4.78 is 1.20. The van der Waals surface area contributed by atoms with E-state index in [1.54, 1.807) is 0 Å². The van der Waals surface area contributed by atoms with E-state index in [0.29, 0.717) is 15.0 Å². The van der Waals surface area contributed by atoms with Gasteiger partial charge < -0.3 is 0 Å². The molecule has 1 nitrogen and oxygen atoms in total. The van der Waals surface area contributed by atoms with E-state index in [0.717, 1.165) is 10.8 Å². The Morgan fingerprint density at radius 1 is 1.21 bits per heavy atom. The second kappa shape index (κ2) is 4.41. The molecule has 2 aromatic rings. The summed E-state index contributed by atoms with van der Waals surface area (Å²) >= 11 is 0.436.